The summed E-state index contributed by atoms with van der Waals surface area (Å²) in [5.41, 5.74) is 0. The van der Waals surface area contributed by atoms with Crippen molar-refractivity contribution in [3.63, 3.8) is 0 Å². The molecule has 1 saturated heterocycles. The molecule has 0 spiro atoms. The van der Waals surface area contributed by atoms with Gasteiger partial charge in [0, 0.05) is 25.9 Å². The lowest BCUT2D eigenvalue weighted by atomic mass is 10.1. The van der Waals surface area contributed by atoms with Crippen LogP contribution in [0.5, 0.6) is 0 Å². The first-order chi connectivity index (χ1) is 10.0. The second kappa shape index (κ2) is 7.40. The molecule has 1 fully saturated rings. The smallest absolute Gasteiger partial charge is 0.242 e. The molecule has 2 heterocycles. The minimum absolute atomic E-state index is 0.0773. The molecule has 21 heavy (non-hydrogen) atoms. The van der Waals surface area contributed by atoms with E-state index in [0.29, 0.717) is 30.6 Å². The number of hydrogen-bond acceptors (Lipinski definition) is 5. The van der Waals surface area contributed by atoms with E-state index >= 15 is 0 Å². The third-order valence-electron chi connectivity index (χ3n) is 3.25. The van der Waals surface area contributed by atoms with Gasteiger partial charge in [-0.25, -0.2) is 18.1 Å². The normalized spacial score (nSPS) is 18.9. The molecular formula is C13H20ClN3O3S. The number of aromatic nitrogens is 1. The maximum absolute atomic E-state index is 12.2. The van der Waals surface area contributed by atoms with Crippen molar-refractivity contribution in [1.29, 1.82) is 0 Å². The molecule has 2 N–H and O–H groups in total. The highest BCUT2D eigenvalue weighted by atomic mass is 35.5. The Hall–Kier alpha value is -0.890. The number of sulfonamides is 1. The summed E-state index contributed by atoms with van der Waals surface area (Å²) in [5.74, 6) is 0.732. The van der Waals surface area contributed by atoms with E-state index in [0.717, 1.165) is 19.4 Å². The van der Waals surface area contributed by atoms with E-state index < -0.39 is 10.0 Å². The third-order valence-corrected chi connectivity index (χ3v) is 4.93. The van der Waals surface area contributed by atoms with Crippen LogP contribution in [-0.4, -0.2) is 39.7 Å². The van der Waals surface area contributed by atoms with E-state index in [2.05, 4.69) is 15.0 Å². The summed E-state index contributed by atoms with van der Waals surface area (Å²) < 4.78 is 32.2. The molecule has 1 aliphatic heterocycles. The maximum Gasteiger partial charge on any atom is 0.242 e. The summed E-state index contributed by atoms with van der Waals surface area (Å²) >= 11 is 6.06. The summed E-state index contributed by atoms with van der Waals surface area (Å²) in [4.78, 5) is 4.15. The molecule has 1 aromatic rings. The zero-order valence-corrected chi connectivity index (χ0v) is 13.5. The van der Waals surface area contributed by atoms with Crippen LogP contribution in [0.15, 0.2) is 17.2 Å². The van der Waals surface area contributed by atoms with Crippen molar-refractivity contribution < 1.29 is 13.2 Å². The lowest BCUT2D eigenvalue weighted by Gasteiger charge is -2.11. The van der Waals surface area contributed by atoms with Gasteiger partial charge in [-0.1, -0.05) is 18.5 Å². The first-order valence-electron chi connectivity index (χ1n) is 6.99. The first-order valence-corrected chi connectivity index (χ1v) is 8.86. The number of nitrogens with one attached hydrogen (secondary N) is 2. The van der Waals surface area contributed by atoms with Crippen molar-refractivity contribution in [1.82, 2.24) is 9.71 Å². The highest BCUT2D eigenvalue weighted by Gasteiger charge is 2.21. The zero-order valence-electron chi connectivity index (χ0n) is 11.9. The molecule has 0 radical (unpaired) electrons. The van der Waals surface area contributed by atoms with E-state index in [1.807, 2.05) is 6.92 Å². The Morgan fingerprint density at radius 3 is 2.95 bits per heavy atom. The van der Waals surface area contributed by atoms with Gasteiger partial charge in [0.2, 0.25) is 10.0 Å². The minimum atomic E-state index is -3.59. The summed E-state index contributed by atoms with van der Waals surface area (Å²) in [6.07, 6.45) is 3.13. The standard InChI is InChI=1S/C13H20ClN3O3S/c1-2-4-15-13-12(14)6-11(8-16-13)21(18,19)17-7-10-3-5-20-9-10/h6,8,10,17H,2-5,7,9H2,1H3,(H,15,16). The average Bonchev–Trinajstić information content (AvgIpc) is 2.97. The van der Waals surface area contributed by atoms with Crippen LogP contribution in [0.2, 0.25) is 5.02 Å². The summed E-state index contributed by atoms with van der Waals surface area (Å²) in [6.45, 7) is 4.42. The largest absolute Gasteiger partial charge is 0.381 e. The van der Waals surface area contributed by atoms with Gasteiger partial charge in [0.25, 0.3) is 0 Å². The number of ether oxygens (including phenoxy) is 1. The fourth-order valence-corrected chi connectivity index (χ4v) is 3.38. The lowest BCUT2D eigenvalue weighted by molar-refractivity contribution is 0.186. The van der Waals surface area contributed by atoms with Crippen LogP contribution in [-0.2, 0) is 14.8 Å². The predicted molar refractivity (Wildman–Crippen MR) is 82.1 cm³/mol. The predicted octanol–water partition coefficient (Wildman–Crippen LogP) is 1.87. The van der Waals surface area contributed by atoms with Crippen LogP contribution < -0.4 is 10.0 Å². The van der Waals surface area contributed by atoms with Gasteiger partial charge in [-0.3, -0.25) is 0 Å². The molecule has 8 heteroatoms. The minimum Gasteiger partial charge on any atom is -0.381 e. The van der Waals surface area contributed by atoms with Gasteiger partial charge in [0.05, 0.1) is 11.6 Å². The SMILES string of the molecule is CCCNc1ncc(S(=O)(=O)NCC2CCOC2)cc1Cl. The molecule has 0 saturated carbocycles. The quantitative estimate of drug-likeness (QED) is 0.796. The first kappa shape index (κ1) is 16.5. The van der Waals surface area contributed by atoms with E-state index in [-0.39, 0.29) is 10.8 Å². The number of nitrogens with zero attached hydrogens (tertiary/aromatic N) is 1. The summed E-state index contributed by atoms with van der Waals surface area (Å²) in [5, 5.41) is 3.34. The number of pyridine rings is 1. The Bertz CT molecular complexity index is 574. The zero-order chi connectivity index (χ0) is 15.3. The molecule has 0 bridgehead atoms. The molecule has 2 rings (SSSR count). The Morgan fingerprint density at radius 1 is 1.52 bits per heavy atom. The molecule has 1 aliphatic rings. The Kier molecular flexibility index (Phi) is 5.80. The van der Waals surface area contributed by atoms with Crippen LogP contribution in [0.4, 0.5) is 5.82 Å². The molecule has 0 aromatic carbocycles. The van der Waals surface area contributed by atoms with Gasteiger partial charge in [-0.05, 0) is 24.8 Å². The van der Waals surface area contributed by atoms with Crippen molar-refractivity contribution in [2.24, 2.45) is 5.92 Å². The molecule has 118 valence electrons. The van der Waals surface area contributed by atoms with Gasteiger partial charge in [0.1, 0.15) is 10.7 Å². The second-order valence-electron chi connectivity index (χ2n) is 5.01. The summed E-state index contributed by atoms with van der Waals surface area (Å²) in [7, 11) is -3.59. The topological polar surface area (TPSA) is 80.3 Å². The van der Waals surface area contributed by atoms with Crippen molar-refractivity contribution in [2.75, 3.05) is 31.6 Å². The number of hydrogen-bond donors (Lipinski definition) is 2. The van der Waals surface area contributed by atoms with Crippen molar-refractivity contribution in [3.05, 3.63) is 17.3 Å². The van der Waals surface area contributed by atoms with Crippen molar-refractivity contribution in [2.45, 2.75) is 24.7 Å². The molecule has 1 aromatic heterocycles. The maximum atomic E-state index is 12.2. The van der Waals surface area contributed by atoms with E-state index in [1.165, 1.54) is 12.3 Å². The van der Waals surface area contributed by atoms with E-state index in [4.69, 9.17) is 16.3 Å². The molecule has 1 unspecified atom stereocenters. The van der Waals surface area contributed by atoms with Gasteiger partial charge < -0.3 is 10.1 Å². The molecule has 6 nitrogen and oxygen atoms in total. The summed E-state index contributed by atoms with van der Waals surface area (Å²) in [6, 6.07) is 1.42. The lowest BCUT2D eigenvalue weighted by Crippen LogP contribution is -2.29. The van der Waals surface area contributed by atoms with E-state index in [1.54, 1.807) is 0 Å². The number of rotatable bonds is 7. The average molecular weight is 334 g/mol. The van der Waals surface area contributed by atoms with Crippen molar-refractivity contribution >= 4 is 27.4 Å². The second-order valence-corrected chi connectivity index (χ2v) is 7.18. The van der Waals surface area contributed by atoms with Crippen LogP contribution in [0.25, 0.3) is 0 Å². The molecular weight excluding hydrogens is 314 g/mol. The van der Waals surface area contributed by atoms with Crippen LogP contribution >= 0.6 is 11.6 Å². The van der Waals surface area contributed by atoms with E-state index in [9.17, 15) is 8.42 Å². The van der Waals surface area contributed by atoms with Gasteiger partial charge in [0.15, 0.2) is 0 Å². The fraction of sp³-hybridized carbons (Fsp3) is 0.615. The highest BCUT2D eigenvalue weighted by Crippen LogP contribution is 2.22. The van der Waals surface area contributed by atoms with Gasteiger partial charge in [-0.15, -0.1) is 0 Å². The highest BCUT2D eigenvalue weighted by molar-refractivity contribution is 7.89. The monoisotopic (exact) mass is 333 g/mol. The fourth-order valence-electron chi connectivity index (χ4n) is 2.00. The van der Waals surface area contributed by atoms with Crippen LogP contribution in [0.1, 0.15) is 19.8 Å². The Balaban J connectivity index is 2.03. The molecule has 1 atom stereocenters. The number of halogens is 1. The van der Waals surface area contributed by atoms with Crippen LogP contribution in [0, 0.1) is 5.92 Å². The Labute approximate surface area is 130 Å². The van der Waals surface area contributed by atoms with Crippen LogP contribution in [0.3, 0.4) is 0 Å². The van der Waals surface area contributed by atoms with Gasteiger partial charge in [-0.2, -0.15) is 0 Å². The van der Waals surface area contributed by atoms with Gasteiger partial charge >= 0.3 is 0 Å². The van der Waals surface area contributed by atoms with Crippen molar-refractivity contribution in [3.8, 4) is 0 Å². The molecule has 0 amide bonds. The number of anilines is 1. The third kappa shape index (κ3) is 4.54. The Morgan fingerprint density at radius 2 is 2.33 bits per heavy atom. The molecule has 0 aliphatic carbocycles.